The van der Waals surface area contributed by atoms with Crippen LogP contribution in [0.2, 0.25) is 0 Å². The molecule has 0 saturated carbocycles. The highest BCUT2D eigenvalue weighted by Gasteiger charge is 2.10. The number of hydrogen-bond donors (Lipinski definition) is 0. The molecule has 0 unspecified atom stereocenters. The van der Waals surface area contributed by atoms with Crippen LogP contribution in [0.4, 0.5) is 0 Å². The first-order valence-corrected chi connectivity index (χ1v) is 8.26. The lowest BCUT2D eigenvalue weighted by Crippen LogP contribution is -2.21. The molecule has 0 aliphatic carbocycles. The fraction of sp³-hybridized carbons (Fsp3) is 0.562. The van der Waals surface area contributed by atoms with E-state index >= 15 is 0 Å². The Kier molecular flexibility index (Phi) is 5.93. The van der Waals surface area contributed by atoms with Crippen molar-refractivity contribution in [3.63, 3.8) is 0 Å². The van der Waals surface area contributed by atoms with Crippen molar-refractivity contribution in [2.45, 2.75) is 37.5 Å². The zero-order valence-corrected chi connectivity index (χ0v) is 12.5. The molecule has 0 radical (unpaired) electrons. The van der Waals surface area contributed by atoms with Crippen LogP contribution < -0.4 is 0 Å². The van der Waals surface area contributed by atoms with E-state index in [1.54, 1.807) is 0 Å². The highest BCUT2D eigenvalue weighted by Crippen LogP contribution is 2.20. The van der Waals surface area contributed by atoms with Gasteiger partial charge in [-0.2, -0.15) is 0 Å². The zero-order valence-electron chi connectivity index (χ0n) is 11.7. The van der Waals surface area contributed by atoms with Crippen LogP contribution >= 0.6 is 11.8 Å². The Morgan fingerprint density at radius 2 is 1.89 bits per heavy atom. The third-order valence-electron chi connectivity index (χ3n) is 3.53. The van der Waals surface area contributed by atoms with Crippen LogP contribution in [0.25, 0.3) is 0 Å². The van der Waals surface area contributed by atoms with Crippen molar-refractivity contribution in [3.8, 4) is 0 Å². The Bertz CT molecular complexity index is 396. The Labute approximate surface area is 120 Å². The van der Waals surface area contributed by atoms with Crippen LogP contribution in [-0.2, 0) is 0 Å². The SMILES string of the molecule is CCCC(=O)c1ccc(SCCN2CCCC2)cc1. The zero-order chi connectivity index (χ0) is 13.5. The lowest BCUT2D eigenvalue weighted by Gasteiger charge is -2.13. The average Bonchev–Trinajstić information content (AvgIpc) is 2.93. The molecule has 0 aromatic heterocycles. The van der Waals surface area contributed by atoms with E-state index in [1.807, 2.05) is 30.8 Å². The summed E-state index contributed by atoms with van der Waals surface area (Å²) in [6, 6.07) is 8.10. The molecule has 0 amide bonds. The molecule has 1 fully saturated rings. The molecule has 1 saturated heterocycles. The summed E-state index contributed by atoms with van der Waals surface area (Å²) in [4.78, 5) is 15.5. The topological polar surface area (TPSA) is 20.3 Å². The third-order valence-corrected chi connectivity index (χ3v) is 4.52. The van der Waals surface area contributed by atoms with Crippen molar-refractivity contribution in [2.75, 3.05) is 25.4 Å². The van der Waals surface area contributed by atoms with Gasteiger partial charge in [0.25, 0.3) is 0 Å². The normalized spacial score (nSPS) is 15.8. The number of ketones is 1. The van der Waals surface area contributed by atoms with Crippen LogP contribution in [0.15, 0.2) is 29.2 Å². The van der Waals surface area contributed by atoms with Crippen molar-refractivity contribution >= 4 is 17.5 Å². The summed E-state index contributed by atoms with van der Waals surface area (Å²) in [6.07, 6.45) is 4.30. The van der Waals surface area contributed by atoms with E-state index in [1.165, 1.54) is 37.4 Å². The number of likely N-dealkylation sites (tertiary alicyclic amines) is 1. The molecule has 2 nitrogen and oxygen atoms in total. The van der Waals surface area contributed by atoms with E-state index < -0.39 is 0 Å². The summed E-state index contributed by atoms with van der Waals surface area (Å²) in [7, 11) is 0. The summed E-state index contributed by atoms with van der Waals surface area (Å²) in [5.41, 5.74) is 0.853. The number of rotatable bonds is 7. The lowest BCUT2D eigenvalue weighted by atomic mass is 10.1. The van der Waals surface area contributed by atoms with E-state index in [9.17, 15) is 4.79 Å². The Morgan fingerprint density at radius 1 is 1.21 bits per heavy atom. The van der Waals surface area contributed by atoms with Gasteiger partial charge in [0.1, 0.15) is 0 Å². The highest BCUT2D eigenvalue weighted by molar-refractivity contribution is 7.99. The predicted molar refractivity (Wildman–Crippen MR) is 82.1 cm³/mol. The largest absolute Gasteiger partial charge is 0.303 e. The van der Waals surface area contributed by atoms with Crippen LogP contribution in [0.5, 0.6) is 0 Å². The molecular weight excluding hydrogens is 254 g/mol. The number of carbonyl (C=O) groups excluding carboxylic acids is 1. The fourth-order valence-corrected chi connectivity index (χ4v) is 3.32. The van der Waals surface area contributed by atoms with Gasteiger partial charge in [-0.15, -0.1) is 11.8 Å². The molecular formula is C16H23NOS. The second-order valence-corrected chi connectivity index (χ2v) is 6.26. The fourth-order valence-electron chi connectivity index (χ4n) is 2.41. The van der Waals surface area contributed by atoms with Gasteiger partial charge >= 0.3 is 0 Å². The monoisotopic (exact) mass is 277 g/mol. The minimum Gasteiger partial charge on any atom is -0.303 e. The Balaban J connectivity index is 1.76. The second-order valence-electron chi connectivity index (χ2n) is 5.09. The number of hydrogen-bond acceptors (Lipinski definition) is 3. The van der Waals surface area contributed by atoms with Gasteiger partial charge in [0.05, 0.1) is 0 Å². The molecule has 0 bridgehead atoms. The van der Waals surface area contributed by atoms with Gasteiger partial charge in [-0.3, -0.25) is 4.79 Å². The molecule has 3 heteroatoms. The molecule has 1 aliphatic rings. The van der Waals surface area contributed by atoms with E-state index in [2.05, 4.69) is 17.0 Å². The van der Waals surface area contributed by atoms with Gasteiger partial charge in [-0.05, 0) is 44.5 Å². The second kappa shape index (κ2) is 7.71. The summed E-state index contributed by atoms with van der Waals surface area (Å²) in [5, 5.41) is 0. The van der Waals surface area contributed by atoms with Crippen molar-refractivity contribution in [2.24, 2.45) is 0 Å². The number of benzene rings is 1. The maximum atomic E-state index is 11.7. The molecule has 1 aromatic rings. The molecule has 0 spiro atoms. The molecule has 0 atom stereocenters. The van der Waals surface area contributed by atoms with Crippen LogP contribution in [-0.4, -0.2) is 36.1 Å². The first-order chi connectivity index (χ1) is 9.29. The molecule has 0 N–H and O–H groups in total. The Hall–Kier alpha value is -0.800. The summed E-state index contributed by atoms with van der Waals surface area (Å²) >= 11 is 1.89. The minimum atomic E-state index is 0.260. The molecule has 2 rings (SSSR count). The summed E-state index contributed by atoms with van der Waals surface area (Å²) in [6.45, 7) is 5.76. The van der Waals surface area contributed by atoms with Crippen molar-refractivity contribution in [3.05, 3.63) is 29.8 Å². The van der Waals surface area contributed by atoms with Gasteiger partial charge in [0.2, 0.25) is 0 Å². The van der Waals surface area contributed by atoms with Crippen molar-refractivity contribution in [1.82, 2.24) is 4.90 Å². The minimum absolute atomic E-state index is 0.260. The summed E-state index contributed by atoms with van der Waals surface area (Å²) in [5.74, 6) is 1.40. The molecule has 104 valence electrons. The maximum Gasteiger partial charge on any atom is 0.162 e. The van der Waals surface area contributed by atoms with Gasteiger partial charge in [0, 0.05) is 29.2 Å². The molecule has 1 heterocycles. The van der Waals surface area contributed by atoms with Gasteiger partial charge in [0.15, 0.2) is 5.78 Å². The van der Waals surface area contributed by atoms with Crippen LogP contribution in [0, 0.1) is 0 Å². The predicted octanol–water partition coefficient (Wildman–Crippen LogP) is 3.86. The molecule has 19 heavy (non-hydrogen) atoms. The van der Waals surface area contributed by atoms with E-state index in [4.69, 9.17) is 0 Å². The van der Waals surface area contributed by atoms with Gasteiger partial charge in [-0.1, -0.05) is 19.1 Å². The van der Waals surface area contributed by atoms with E-state index in [0.29, 0.717) is 6.42 Å². The standard InChI is InChI=1S/C16H23NOS/c1-2-5-16(18)14-6-8-15(9-7-14)19-13-12-17-10-3-4-11-17/h6-9H,2-5,10-13H2,1H3. The molecule has 1 aliphatic heterocycles. The van der Waals surface area contributed by atoms with E-state index in [0.717, 1.165) is 17.7 Å². The summed E-state index contributed by atoms with van der Waals surface area (Å²) < 4.78 is 0. The number of carbonyl (C=O) groups is 1. The number of nitrogens with zero attached hydrogens (tertiary/aromatic N) is 1. The Morgan fingerprint density at radius 3 is 2.53 bits per heavy atom. The first-order valence-electron chi connectivity index (χ1n) is 7.28. The van der Waals surface area contributed by atoms with Crippen molar-refractivity contribution < 1.29 is 4.79 Å². The van der Waals surface area contributed by atoms with Crippen molar-refractivity contribution in [1.29, 1.82) is 0 Å². The quantitative estimate of drug-likeness (QED) is 0.557. The number of thioether (sulfide) groups is 1. The van der Waals surface area contributed by atoms with Gasteiger partial charge < -0.3 is 4.90 Å². The smallest absolute Gasteiger partial charge is 0.162 e. The lowest BCUT2D eigenvalue weighted by molar-refractivity contribution is 0.0981. The van der Waals surface area contributed by atoms with Crippen LogP contribution in [0.1, 0.15) is 43.0 Å². The van der Waals surface area contributed by atoms with Gasteiger partial charge in [-0.25, -0.2) is 0 Å². The van der Waals surface area contributed by atoms with E-state index in [-0.39, 0.29) is 5.78 Å². The molecule has 1 aromatic carbocycles. The van der Waals surface area contributed by atoms with Crippen LogP contribution in [0.3, 0.4) is 0 Å². The average molecular weight is 277 g/mol. The third kappa shape index (κ3) is 4.66. The number of Topliss-reactive ketones (excluding diaryl/α,β-unsaturated/α-hetero) is 1. The first kappa shape index (κ1) is 14.6. The highest BCUT2D eigenvalue weighted by atomic mass is 32.2. The maximum absolute atomic E-state index is 11.7.